The molecule has 6 heteroatoms. The van der Waals surface area contributed by atoms with Crippen molar-refractivity contribution < 1.29 is 4.74 Å². The number of hydrogen-bond donors (Lipinski definition) is 1. The minimum Gasteiger partial charge on any atom is -0.360 e. The predicted octanol–water partition coefficient (Wildman–Crippen LogP) is 4.29. The number of fused-ring (bicyclic) bond motifs is 1. The number of hydrogen-bond acceptors (Lipinski definition) is 4. The van der Waals surface area contributed by atoms with E-state index in [-0.39, 0.29) is 6.04 Å². The van der Waals surface area contributed by atoms with Gasteiger partial charge in [-0.2, -0.15) is 5.10 Å². The molecule has 144 valence electrons. The fourth-order valence-electron chi connectivity index (χ4n) is 3.11. The van der Waals surface area contributed by atoms with E-state index in [1.54, 1.807) is 6.20 Å². The quantitative estimate of drug-likeness (QED) is 0.466. The average molecular weight is 383 g/mol. The van der Waals surface area contributed by atoms with Gasteiger partial charge < -0.3 is 10.5 Å². The van der Waals surface area contributed by atoms with Crippen LogP contribution in [0.2, 0.25) is 25.7 Å². The molecule has 0 bridgehead atoms. The van der Waals surface area contributed by atoms with Crippen LogP contribution in [0.5, 0.6) is 0 Å². The molecule has 0 radical (unpaired) electrons. The topological polar surface area (TPSA) is 66.0 Å². The Morgan fingerprint density at radius 3 is 2.74 bits per heavy atom. The molecule has 0 aliphatic heterocycles. The van der Waals surface area contributed by atoms with Crippen LogP contribution in [0, 0.1) is 6.92 Å². The van der Waals surface area contributed by atoms with Crippen molar-refractivity contribution in [1.29, 1.82) is 0 Å². The van der Waals surface area contributed by atoms with E-state index in [4.69, 9.17) is 10.5 Å². The van der Waals surface area contributed by atoms with Gasteiger partial charge in [-0.25, -0.2) is 4.68 Å². The van der Waals surface area contributed by atoms with Gasteiger partial charge in [0.25, 0.3) is 0 Å². The molecule has 0 amide bonds. The molecule has 0 saturated carbocycles. The molecular formula is C21H30N4OSi. The van der Waals surface area contributed by atoms with Crippen LogP contribution in [-0.4, -0.2) is 29.4 Å². The zero-order valence-electron chi connectivity index (χ0n) is 16.8. The van der Waals surface area contributed by atoms with Gasteiger partial charge in [0.1, 0.15) is 6.73 Å². The van der Waals surface area contributed by atoms with Gasteiger partial charge in [-0.3, -0.25) is 4.98 Å². The van der Waals surface area contributed by atoms with Crippen LogP contribution in [0.3, 0.4) is 0 Å². The van der Waals surface area contributed by atoms with Gasteiger partial charge in [0, 0.05) is 32.5 Å². The molecule has 1 atom stereocenters. The van der Waals surface area contributed by atoms with Crippen LogP contribution in [-0.2, 0) is 17.9 Å². The van der Waals surface area contributed by atoms with Gasteiger partial charge in [0.15, 0.2) is 0 Å². The molecule has 2 aromatic heterocycles. The zero-order valence-corrected chi connectivity index (χ0v) is 17.8. The fraction of sp³-hybridized carbons (Fsp3) is 0.429. The first-order valence-electron chi connectivity index (χ1n) is 9.53. The lowest BCUT2D eigenvalue weighted by molar-refractivity contribution is 0.0791. The summed E-state index contributed by atoms with van der Waals surface area (Å²) in [4.78, 5) is 4.37. The Morgan fingerprint density at radius 1 is 1.22 bits per heavy atom. The summed E-state index contributed by atoms with van der Waals surface area (Å²) >= 11 is 0. The van der Waals surface area contributed by atoms with E-state index in [9.17, 15) is 0 Å². The molecule has 2 N–H and O–H groups in total. The predicted molar refractivity (Wildman–Crippen MR) is 113 cm³/mol. The normalized spacial score (nSPS) is 13.2. The Bertz CT molecular complexity index is 886. The number of nitrogens with zero attached hydrogens (tertiary/aromatic N) is 3. The minimum absolute atomic E-state index is 0.108. The summed E-state index contributed by atoms with van der Waals surface area (Å²) in [7, 11) is -1.06. The first-order chi connectivity index (χ1) is 12.8. The van der Waals surface area contributed by atoms with Crippen LogP contribution < -0.4 is 5.73 Å². The number of nitrogens with two attached hydrogens (primary N) is 1. The molecule has 0 spiro atoms. The van der Waals surface area contributed by atoms with Crippen molar-refractivity contribution in [1.82, 2.24) is 14.8 Å². The smallest absolute Gasteiger partial charge is 0.139 e. The zero-order chi connectivity index (χ0) is 19.4. The summed E-state index contributed by atoms with van der Waals surface area (Å²) in [5.41, 5.74) is 10.7. The van der Waals surface area contributed by atoms with E-state index in [1.165, 1.54) is 11.6 Å². The standard InChI is InChI=1S/C21H30N4OSi/c1-16-11-17(13-19(22)20-7-5-6-8-23-20)12-18-14-25(24-21(16)18)15-26-9-10-27(2,3)4/h5-8,11-12,14,19H,9-10,13,15,22H2,1-4H3. The second-order valence-electron chi connectivity index (χ2n) is 8.43. The molecule has 5 nitrogen and oxygen atoms in total. The number of aromatic nitrogens is 3. The van der Waals surface area contributed by atoms with Gasteiger partial charge in [-0.1, -0.05) is 31.8 Å². The molecule has 1 aromatic carbocycles. The van der Waals surface area contributed by atoms with Crippen molar-refractivity contribution in [2.45, 2.75) is 51.8 Å². The molecule has 0 fully saturated rings. The third kappa shape index (κ3) is 5.48. The van der Waals surface area contributed by atoms with Crippen molar-refractivity contribution in [2.75, 3.05) is 6.61 Å². The second kappa shape index (κ2) is 8.33. The highest BCUT2D eigenvalue weighted by atomic mass is 28.3. The maximum absolute atomic E-state index is 6.34. The molecule has 2 heterocycles. The van der Waals surface area contributed by atoms with Crippen molar-refractivity contribution >= 4 is 19.0 Å². The van der Waals surface area contributed by atoms with E-state index < -0.39 is 8.07 Å². The Kier molecular flexibility index (Phi) is 6.09. The molecule has 27 heavy (non-hydrogen) atoms. The third-order valence-corrected chi connectivity index (χ3v) is 6.35. The van der Waals surface area contributed by atoms with E-state index in [2.05, 4.69) is 55.0 Å². The molecule has 0 aliphatic rings. The van der Waals surface area contributed by atoms with E-state index >= 15 is 0 Å². The lowest BCUT2D eigenvalue weighted by Gasteiger charge is -2.15. The number of ether oxygens (including phenoxy) is 1. The number of pyridine rings is 1. The lowest BCUT2D eigenvalue weighted by Crippen LogP contribution is -2.22. The maximum atomic E-state index is 6.34. The van der Waals surface area contributed by atoms with Crippen molar-refractivity contribution in [2.24, 2.45) is 5.73 Å². The summed E-state index contributed by atoms with van der Waals surface area (Å²) in [6.07, 6.45) is 4.61. The summed E-state index contributed by atoms with van der Waals surface area (Å²) in [6.45, 7) is 10.5. The summed E-state index contributed by atoms with van der Waals surface area (Å²) in [5, 5.41) is 5.82. The monoisotopic (exact) mass is 382 g/mol. The van der Waals surface area contributed by atoms with Crippen LogP contribution in [0.4, 0.5) is 0 Å². The lowest BCUT2D eigenvalue weighted by atomic mass is 10.00. The van der Waals surface area contributed by atoms with E-state index in [1.807, 2.05) is 22.9 Å². The first kappa shape index (κ1) is 19.7. The van der Waals surface area contributed by atoms with E-state index in [0.29, 0.717) is 6.73 Å². The van der Waals surface area contributed by atoms with Gasteiger partial charge in [-0.15, -0.1) is 0 Å². The highest BCUT2D eigenvalue weighted by molar-refractivity contribution is 6.76. The number of benzene rings is 1. The summed E-state index contributed by atoms with van der Waals surface area (Å²) < 4.78 is 7.72. The molecule has 1 unspecified atom stereocenters. The first-order valence-corrected chi connectivity index (χ1v) is 13.2. The van der Waals surface area contributed by atoms with Gasteiger partial charge in [-0.05, 0) is 48.7 Å². The van der Waals surface area contributed by atoms with Crippen molar-refractivity contribution in [3.8, 4) is 0 Å². The second-order valence-corrected chi connectivity index (χ2v) is 14.1. The van der Waals surface area contributed by atoms with Crippen LogP contribution in [0.25, 0.3) is 10.9 Å². The summed E-state index contributed by atoms with van der Waals surface area (Å²) in [6, 6.07) is 11.3. The van der Waals surface area contributed by atoms with Crippen LogP contribution >= 0.6 is 0 Å². The summed E-state index contributed by atoms with van der Waals surface area (Å²) in [5.74, 6) is 0. The highest BCUT2D eigenvalue weighted by Gasteiger charge is 2.13. The Labute approximate surface area is 162 Å². The average Bonchev–Trinajstić information content (AvgIpc) is 3.02. The third-order valence-electron chi connectivity index (χ3n) is 4.65. The highest BCUT2D eigenvalue weighted by Crippen LogP contribution is 2.22. The Morgan fingerprint density at radius 2 is 2.04 bits per heavy atom. The molecule has 0 aliphatic carbocycles. The van der Waals surface area contributed by atoms with Crippen LogP contribution in [0.1, 0.15) is 22.9 Å². The SMILES string of the molecule is Cc1cc(CC(N)c2ccccn2)cc2cn(COCC[Si](C)(C)C)nc12. The minimum atomic E-state index is -1.06. The fourth-order valence-corrected chi connectivity index (χ4v) is 3.87. The Balaban J connectivity index is 1.69. The van der Waals surface area contributed by atoms with Gasteiger partial charge >= 0.3 is 0 Å². The Hall–Kier alpha value is -2.02. The molecule has 0 saturated heterocycles. The number of aryl methyl sites for hydroxylation is 1. The van der Waals surface area contributed by atoms with Gasteiger partial charge in [0.05, 0.1) is 17.3 Å². The molecule has 3 rings (SSSR count). The van der Waals surface area contributed by atoms with Crippen molar-refractivity contribution in [3.63, 3.8) is 0 Å². The molecule has 3 aromatic rings. The van der Waals surface area contributed by atoms with E-state index in [0.717, 1.165) is 35.2 Å². The van der Waals surface area contributed by atoms with Crippen molar-refractivity contribution in [3.05, 3.63) is 59.5 Å². The number of rotatable bonds is 8. The van der Waals surface area contributed by atoms with Crippen LogP contribution in [0.15, 0.2) is 42.7 Å². The largest absolute Gasteiger partial charge is 0.360 e. The maximum Gasteiger partial charge on any atom is 0.139 e. The van der Waals surface area contributed by atoms with Gasteiger partial charge in [0.2, 0.25) is 0 Å². The molecular weight excluding hydrogens is 352 g/mol.